The van der Waals surface area contributed by atoms with Crippen molar-refractivity contribution in [3.63, 3.8) is 0 Å². The Morgan fingerprint density at radius 2 is 2.10 bits per heavy atom. The van der Waals surface area contributed by atoms with Gasteiger partial charge in [0.2, 0.25) is 5.91 Å². The van der Waals surface area contributed by atoms with Crippen LogP contribution in [0.2, 0.25) is 0 Å². The monoisotopic (exact) mass is 276 g/mol. The molecular weight excluding hydrogens is 252 g/mol. The van der Waals surface area contributed by atoms with E-state index in [0.717, 1.165) is 24.1 Å². The van der Waals surface area contributed by atoms with Gasteiger partial charge in [-0.2, -0.15) is 0 Å². The molecule has 110 valence electrons. The van der Waals surface area contributed by atoms with Crippen molar-refractivity contribution in [1.82, 2.24) is 4.90 Å². The first kappa shape index (κ1) is 15.0. The van der Waals surface area contributed by atoms with Crippen molar-refractivity contribution < 1.29 is 9.90 Å². The average molecular weight is 276 g/mol. The van der Waals surface area contributed by atoms with Crippen molar-refractivity contribution in [3.8, 4) is 0 Å². The molecule has 1 amide bonds. The molecule has 20 heavy (non-hydrogen) atoms. The fraction of sp³-hybridized carbons (Fsp3) is 0.562. The highest BCUT2D eigenvalue weighted by atomic mass is 16.3. The molecule has 0 unspecified atom stereocenters. The van der Waals surface area contributed by atoms with Crippen molar-refractivity contribution >= 4 is 11.6 Å². The summed E-state index contributed by atoms with van der Waals surface area (Å²) >= 11 is 0. The zero-order valence-electron chi connectivity index (χ0n) is 12.6. The van der Waals surface area contributed by atoms with Crippen molar-refractivity contribution in [2.24, 2.45) is 0 Å². The van der Waals surface area contributed by atoms with Gasteiger partial charge in [-0.25, -0.2) is 0 Å². The van der Waals surface area contributed by atoms with E-state index in [-0.39, 0.29) is 5.91 Å². The molecule has 0 aromatic heterocycles. The Kier molecular flexibility index (Phi) is 4.45. The maximum Gasteiger partial charge on any atom is 0.238 e. The van der Waals surface area contributed by atoms with Gasteiger partial charge in [-0.15, -0.1) is 0 Å². The van der Waals surface area contributed by atoms with E-state index in [4.69, 9.17) is 0 Å². The summed E-state index contributed by atoms with van der Waals surface area (Å²) in [6.07, 6.45) is 1.78. The number of aryl methyl sites for hydroxylation is 2. The van der Waals surface area contributed by atoms with Crippen LogP contribution in [0.25, 0.3) is 0 Å². The summed E-state index contributed by atoms with van der Waals surface area (Å²) in [7, 11) is 0. The summed E-state index contributed by atoms with van der Waals surface area (Å²) in [5.74, 6) is -0.0181. The van der Waals surface area contributed by atoms with Crippen LogP contribution in [-0.2, 0) is 4.79 Å². The summed E-state index contributed by atoms with van der Waals surface area (Å²) in [6.45, 7) is 7.63. The number of anilines is 1. The molecule has 1 aliphatic heterocycles. The Morgan fingerprint density at radius 1 is 1.40 bits per heavy atom. The van der Waals surface area contributed by atoms with Gasteiger partial charge in [-0.3, -0.25) is 9.69 Å². The van der Waals surface area contributed by atoms with Crippen molar-refractivity contribution in [2.45, 2.75) is 39.2 Å². The molecule has 1 saturated heterocycles. The number of carbonyl (C=O) groups excluding carboxylic acids is 1. The van der Waals surface area contributed by atoms with Gasteiger partial charge in [0, 0.05) is 18.8 Å². The first-order valence-corrected chi connectivity index (χ1v) is 7.24. The maximum atomic E-state index is 12.0. The van der Waals surface area contributed by atoms with E-state index >= 15 is 0 Å². The molecule has 1 aliphatic rings. The fourth-order valence-corrected chi connectivity index (χ4v) is 2.87. The van der Waals surface area contributed by atoms with Crippen molar-refractivity contribution in [3.05, 3.63) is 29.3 Å². The third kappa shape index (κ3) is 3.58. The van der Waals surface area contributed by atoms with Crippen LogP contribution in [0, 0.1) is 13.8 Å². The second kappa shape index (κ2) is 5.94. The Labute approximate surface area is 120 Å². The molecule has 0 aliphatic carbocycles. The summed E-state index contributed by atoms with van der Waals surface area (Å²) in [5, 5.41) is 13.0. The molecule has 1 fully saturated rings. The Bertz CT molecular complexity index is 493. The zero-order valence-corrected chi connectivity index (χ0v) is 12.6. The molecule has 0 spiro atoms. The lowest BCUT2D eigenvalue weighted by atomic mass is 9.89. The summed E-state index contributed by atoms with van der Waals surface area (Å²) in [4.78, 5) is 14.0. The van der Waals surface area contributed by atoms with Gasteiger partial charge >= 0.3 is 0 Å². The zero-order chi connectivity index (χ0) is 14.8. The van der Waals surface area contributed by atoms with Crippen LogP contribution >= 0.6 is 0 Å². The number of β-amino-alcohol motifs (C(OH)–C–C–N with tert-alkyl or cyclic N) is 1. The molecule has 1 aromatic rings. The summed E-state index contributed by atoms with van der Waals surface area (Å²) in [5.41, 5.74) is 2.55. The Morgan fingerprint density at radius 3 is 2.70 bits per heavy atom. The lowest BCUT2D eigenvalue weighted by Gasteiger charge is -2.46. The largest absolute Gasteiger partial charge is 0.387 e. The van der Waals surface area contributed by atoms with Crippen LogP contribution in [0.3, 0.4) is 0 Å². The number of likely N-dealkylation sites (tertiary alicyclic amines) is 1. The fourth-order valence-electron chi connectivity index (χ4n) is 2.87. The molecule has 4 heteroatoms. The average Bonchev–Trinajstić information content (AvgIpc) is 2.31. The molecule has 2 rings (SSSR count). The van der Waals surface area contributed by atoms with E-state index in [1.165, 1.54) is 5.56 Å². The molecule has 0 radical (unpaired) electrons. The number of amides is 1. The van der Waals surface area contributed by atoms with E-state index in [9.17, 15) is 9.90 Å². The van der Waals surface area contributed by atoms with E-state index in [0.29, 0.717) is 19.6 Å². The number of aliphatic hydroxyl groups is 1. The number of nitrogens with zero attached hydrogens (tertiary/aromatic N) is 1. The van der Waals surface area contributed by atoms with Crippen LogP contribution < -0.4 is 5.32 Å². The summed E-state index contributed by atoms with van der Waals surface area (Å²) in [6, 6.07) is 5.98. The van der Waals surface area contributed by atoms with E-state index in [1.54, 1.807) is 0 Å². The van der Waals surface area contributed by atoms with Gasteiger partial charge in [0.05, 0.1) is 12.1 Å². The van der Waals surface area contributed by atoms with E-state index in [1.807, 2.05) is 30.9 Å². The van der Waals surface area contributed by atoms with Crippen LogP contribution in [0.4, 0.5) is 5.69 Å². The van der Waals surface area contributed by atoms with Gasteiger partial charge in [0.15, 0.2) is 0 Å². The number of rotatable bonds is 5. The Hall–Kier alpha value is -1.39. The highest BCUT2D eigenvalue weighted by molar-refractivity contribution is 5.93. The predicted octanol–water partition coefficient (Wildman–Crippen LogP) is 2.09. The van der Waals surface area contributed by atoms with E-state index < -0.39 is 5.60 Å². The standard InChI is InChI=1S/C16H24N2O2/c1-4-7-16(20)10-18(11-16)9-15(19)17-14-6-5-12(2)8-13(14)3/h5-6,8,20H,4,7,9-11H2,1-3H3,(H,17,19). The maximum absolute atomic E-state index is 12.0. The van der Waals surface area contributed by atoms with Crippen molar-refractivity contribution in [2.75, 3.05) is 25.0 Å². The normalized spacial score (nSPS) is 17.6. The second-order valence-electron chi connectivity index (χ2n) is 5.99. The first-order valence-electron chi connectivity index (χ1n) is 7.24. The highest BCUT2D eigenvalue weighted by Crippen LogP contribution is 2.25. The lowest BCUT2D eigenvalue weighted by Crippen LogP contribution is -2.62. The topological polar surface area (TPSA) is 52.6 Å². The SMILES string of the molecule is CCCC1(O)CN(CC(=O)Nc2ccc(C)cc2C)C1. The molecule has 2 N–H and O–H groups in total. The molecular formula is C16H24N2O2. The third-order valence-corrected chi connectivity index (χ3v) is 3.77. The third-order valence-electron chi connectivity index (χ3n) is 3.77. The number of benzene rings is 1. The van der Waals surface area contributed by atoms with E-state index in [2.05, 4.69) is 18.3 Å². The van der Waals surface area contributed by atoms with Gasteiger partial charge < -0.3 is 10.4 Å². The minimum atomic E-state index is -0.575. The van der Waals surface area contributed by atoms with Crippen molar-refractivity contribution in [1.29, 1.82) is 0 Å². The minimum absolute atomic E-state index is 0.0181. The van der Waals surface area contributed by atoms with Crippen LogP contribution in [0.5, 0.6) is 0 Å². The van der Waals surface area contributed by atoms with Gasteiger partial charge in [0.25, 0.3) is 0 Å². The first-order chi connectivity index (χ1) is 9.42. The smallest absolute Gasteiger partial charge is 0.238 e. The van der Waals surface area contributed by atoms with Gasteiger partial charge in [-0.05, 0) is 31.9 Å². The van der Waals surface area contributed by atoms with Gasteiger partial charge in [-0.1, -0.05) is 31.0 Å². The van der Waals surface area contributed by atoms with Gasteiger partial charge in [0.1, 0.15) is 0 Å². The quantitative estimate of drug-likeness (QED) is 0.866. The molecule has 1 aromatic carbocycles. The van der Waals surface area contributed by atoms with Crippen LogP contribution in [0.1, 0.15) is 30.9 Å². The number of hydrogen-bond acceptors (Lipinski definition) is 3. The molecule has 0 bridgehead atoms. The molecule has 1 heterocycles. The Balaban J connectivity index is 1.82. The molecule has 0 saturated carbocycles. The molecule has 4 nitrogen and oxygen atoms in total. The lowest BCUT2D eigenvalue weighted by molar-refractivity contribution is -0.129. The number of nitrogens with one attached hydrogen (secondary N) is 1. The molecule has 0 atom stereocenters. The predicted molar refractivity (Wildman–Crippen MR) is 80.8 cm³/mol. The number of hydrogen-bond donors (Lipinski definition) is 2. The highest BCUT2D eigenvalue weighted by Gasteiger charge is 2.40. The number of carbonyl (C=O) groups is 1. The van der Waals surface area contributed by atoms with Crippen LogP contribution in [0.15, 0.2) is 18.2 Å². The summed E-state index contributed by atoms with van der Waals surface area (Å²) < 4.78 is 0. The minimum Gasteiger partial charge on any atom is -0.387 e. The second-order valence-corrected chi connectivity index (χ2v) is 5.99. The van der Waals surface area contributed by atoms with Crippen LogP contribution in [-0.4, -0.2) is 41.1 Å².